The number of nitrogens with one attached hydrogen (secondary N) is 1. The predicted molar refractivity (Wildman–Crippen MR) is 117 cm³/mol. The molecule has 2 aromatic rings. The molecular weight excluding hydrogens is 404 g/mol. The third-order valence-corrected chi connectivity index (χ3v) is 4.67. The van der Waals surface area contributed by atoms with Gasteiger partial charge in [0.2, 0.25) is 0 Å². The van der Waals surface area contributed by atoms with Crippen LogP contribution in [0.3, 0.4) is 0 Å². The van der Waals surface area contributed by atoms with E-state index in [-0.39, 0.29) is 6.29 Å². The lowest BCUT2D eigenvalue weighted by atomic mass is 10.0. The summed E-state index contributed by atoms with van der Waals surface area (Å²) in [6.45, 7) is 11.9. The largest absolute Gasteiger partial charge is 0.351 e. The smallest absolute Gasteiger partial charge is 0.176 e. The van der Waals surface area contributed by atoms with Gasteiger partial charge in [0.15, 0.2) is 6.29 Å². The number of hydrogen-bond donors (Lipinski definition) is 1. The van der Waals surface area contributed by atoms with E-state index in [9.17, 15) is 0 Å². The Balaban J connectivity index is 2.35. The molecule has 0 aliphatic rings. The minimum absolute atomic E-state index is 0.340. The van der Waals surface area contributed by atoms with E-state index in [0.29, 0.717) is 19.8 Å². The van der Waals surface area contributed by atoms with Gasteiger partial charge in [-0.15, -0.1) is 0 Å². The summed E-state index contributed by atoms with van der Waals surface area (Å²) in [4.78, 5) is 4.80. The highest BCUT2D eigenvalue weighted by atomic mass is 79.9. The number of rotatable bonds is 8. The van der Waals surface area contributed by atoms with E-state index in [4.69, 9.17) is 14.5 Å². The Morgan fingerprint density at radius 2 is 1.56 bits per heavy atom. The SMILES string of the molecule is CCOC(CN=C(Nc1c(C)cc(C)cc1C)c1ccc(Br)cc1)OCC. The highest BCUT2D eigenvalue weighted by Crippen LogP contribution is 2.23. The van der Waals surface area contributed by atoms with E-state index >= 15 is 0 Å². The van der Waals surface area contributed by atoms with Gasteiger partial charge in [0.1, 0.15) is 5.84 Å². The van der Waals surface area contributed by atoms with Crippen molar-refractivity contribution < 1.29 is 9.47 Å². The second-order valence-corrected chi connectivity index (χ2v) is 7.35. The maximum absolute atomic E-state index is 5.64. The monoisotopic (exact) mass is 432 g/mol. The number of aryl methyl sites for hydroxylation is 3. The Labute approximate surface area is 171 Å². The van der Waals surface area contributed by atoms with Crippen LogP contribution in [0.25, 0.3) is 0 Å². The molecule has 146 valence electrons. The van der Waals surface area contributed by atoms with Gasteiger partial charge in [-0.3, -0.25) is 4.99 Å². The first-order valence-electron chi connectivity index (χ1n) is 9.33. The number of anilines is 1. The Kier molecular flexibility index (Phi) is 8.48. The number of nitrogens with zero attached hydrogens (tertiary/aromatic N) is 1. The van der Waals surface area contributed by atoms with Crippen molar-refractivity contribution in [3.05, 3.63) is 63.1 Å². The van der Waals surface area contributed by atoms with Crippen molar-refractivity contribution in [2.45, 2.75) is 40.9 Å². The zero-order valence-electron chi connectivity index (χ0n) is 16.8. The molecule has 0 unspecified atom stereocenters. The Bertz CT molecular complexity index is 743. The highest BCUT2D eigenvalue weighted by molar-refractivity contribution is 9.10. The molecule has 0 amide bonds. The number of halogens is 1. The predicted octanol–water partition coefficient (Wildman–Crippen LogP) is 5.63. The summed E-state index contributed by atoms with van der Waals surface area (Å²) in [5.74, 6) is 0.807. The average Bonchev–Trinajstić information content (AvgIpc) is 2.61. The first-order chi connectivity index (χ1) is 12.9. The maximum Gasteiger partial charge on any atom is 0.176 e. The number of aliphatic imine (C=N–C) groups is 1. The lowest BCUT2D eigenvalue weighted by Crippen LogP contribution is -2.24. The zero-order chi connectivity index (χ0) is 19.8. The topological polar surface area (TPSA) is 42.8 Å². The summed E-state index contributed by atoms with van der Waals surface area (Å²) in [5, 5.41) is 3.54. The Hall–Kier alpha value is -1.69. The molecule has 0 aliphatic carbocycles. The fourth-order valence-electron chi connectivity index (χ4n) is 3.00. The number of ether oxygens (including phenoxy) is 2. The first-order valence-corrected chi connectivity index (χ1v) is 10.1. The molecule has 0 spiro atoms. The molecule has 0 fully saturated rings. The summed E-state index contributed by atoms with van der Waals surface area (Å²) < 4.78 is 12.3. The van der Waals surface area contributed by atoms with Crippen LogP contribution in [-0.2, 0) is 9.47 Å². The van der Waals surface area contributed by atoms with Gasteiger partial charge < -0.3 is 14.8 Å². The van der Waals surface area contributed by atoms with Crippen LogP contribution in [0.2, 0.25) is 0 Å². The Morgan fingerprint density at radius 3 is 2.07 bits per heavy atom. The van der Waals surface area contributed by atoms with Crippen LogP contribution in [-0.4, -0.2) is 31.9 Å². The van der Waals surface area contributed by atoms with Gasteiger partial charge in [-0.2, -0.15) is 0 Å². The van der Waals surface area contributed by atoms with E-state index in [1.54, 1.807) is 0 Å². The van der Waals surface area contributed by atoms with Crippen LogP contribution >= 0.6 is 15.9 Å². The van der Waals surface area contributed by atoms with Gasteiger partial charge >= 0.3 is 0 Å². The highest BCUT2D eigenvalue weighted by Gasteiger charge is 2.12. The van der Waals surface area contributed by atoms with Gasteiger partial charge in [-0.1, -0.05) is 45.8 Å². The third-order valence-electron chi connectivity index (χ3n) is 4.14. The summed E-state index contributed by atoms with van der Waals surface area (Å²) in [5.41, 5.74) is 5.76. The first kappa shape index (κ1) is 21.6. The molecule has 0 radical (unpaired) electrons. The molecule has 27 heavy (non-hydrogen) atoms. The normalized spacial score (nSPS) is 11.9. The van der Waals surface area contributed by atoms with Gasteiger partial charge in [0.25, 0.3) is 0 Å². The lowest BCUT2D eigenvalue weighted by Gasteiger charge is -2.18. The average molecular weight is 433 g/mol. The number of amidine groups is 1. The second kappa shape index (κ2) is 10.6. The van der Waals surface area contributed by atoms with Gasteiger partial charge in [-0.25, -0.2) is 0 Å². The Morgan fingerprint density at radius 1 is 1.00 bits per heavy atom. The quantitative estimate of drug-likeness (QED) is 0.333. The van der Waals surface area contributed by atoms with Crippen molar-refractivity contribution in [3.63, 3.8) is 0 Å². The standard InChI is InChI=1S/C22H29BrN2O2/c1-6-26-20(27-7-2)14-24-22(18-8-10-19(23)11-9-18)25-21-16(4)12-15(3)13-17(21)5/h8-13,20H,6-7,14H2,1-5H3,(H,24,25). The molecule has 0 bridgehead atoms. The minimum atomic E-state index is -0.340. The minimum Gasteiger partial charge on any atom is -0.351 e. The van der Waals surface area contributed by atoms with Gasteiger partial charge in [0.05, 0.1) is 6.54 Å². The lowest BCUT2D eigenvalue weighted by molar-refractivity contribution is -0.128. The molecular formula is C22H29BrN2O2. The molecule has 2 aromatic carbocycles. The molecule has 1 N–H and O–H groups in total. The molecule has 4 nitrogen and oxygen atoms in total. The number of benzene rings is 2. The molecule has 0 atom stereocenters. The van der Waals surface area contributed by atoms with Crippen molar-refractivity contribution in [1.82, 2.24) is 0 Å². The summed E-state index contributed by atoms with van der Waals surface area (Å²) >= 11 is 3.50. The molecule has 5 heteroatoms. The van der Waals surface area contributed by atoms with Crippen molar-refractivity contribution in [2.75, 3.05) is 25.1 Å². The zero-order valence-corrected chi connectivity index (χ0v) is 18.4. The fourth-order valence-corrected chi connectivity index (χ4v) is 3.26. The molecule has 0 heterocycles. The van der Waals surface area contributed by atoms with Crippen LogP contribution in [0.5, 0.6) is 0 Å². The third kappa shape index (κ3) is 6.45. The van der Waals surface area contributed by atoms with E-state index in [0.717, 1.165) is 21.6 Å². The van der Waals surface area contributed by atoms with Crippen LogP contribution < -0.4 is 5.32 Å². The van der Waals surface area contributed by atoms with E-state index < -0.39 is 0 Å². The summed E-state index contributed by atoms with van der Waals surface area (Å²) in [6.07, 6.45) is -0.340. The molecule has 0 saturated heterocycles. The van der Waals surface area contributed by atoms with Crippen molar-refractivity contribution >= 4 is 27.5 Å². The van der Waals surface area contributed by atoms with Crippen molar-refractivity contribution in [3.8, 4) is 0 Å². The van der Waals surface area contributed by atoms with Gasteiger partial charge in [-0.05, 0) is 57.9 Å². The van der Waals surface area contributed by atoms with Crippen LogP contribution in [0.4, 0.5) is 5.69 Å². The molecule has 0 saturated carbocycles. The van der Waals surface area contributed by atoms with E-state index in [1.807, 2.05) is 38.1 Å². The van der Waals surface area contributed by atoms with Crippen LogP contribution in [0.1, 0.15) is 36.1 Å². The summed E-state index contributed by atoms with van der Waals surface area (Å²) in [7, 11) is 0. The van der Waals surface area contributed by atoms with Crippen molar-refractivity contribution in [1.29, 1.82) is 0 Å². The van der Waals surface area contributed by atoms with Crippen LogP contribution in [0, 0.1) is 20.8 Å². The van der Waals surface area contributed by atoms with E-state index in [1.165, 1.54) is 16.7 Å². The van der Waals surface area contributed by atoms with Crippen LogP contribution in [0.15, 0.2) is 45.9 Å². The molecule has 0 aliphatic heterocycles. The molecule has 0 aromatic heterocycles. The van der Waals surface area contributed by atoms with Crippen molar-refractivity contribution in [2.24, 2.45) is 4.99 Å². The fraction of sp³-hybridized carbons (Fsp3) is 0.409. The number of hydrogen-bond acceptors (Lipinski definition) is 3. The molecule has 2 rings (SSSR count). The van der Waals surface area contributed by atoms with Gasteiger partial charge in [0, 0.05) is 28.9 Å². The summed E-state index contributed by atoms with van der Waals surface area (Å²) in [6, 6.07) is 12.5. The van der Waals surface area contributed by atoms with E-state index in [2.05, 4.69) is 54.2 Å². The maximum atomic E-state index is 5.64. The second-order valence-electron chi connectivity index (χ2n) is 6.44.